The van der Waals surface area contributed by atoms with Gasteiger partial charge in [0, 0.05) is 19.0 Å². The van der Waals surface area contributed by atoms with E-state index in [0.717, 1.165) is 12.0 Å². The summed E-state index contributed by atoms with van der Waals surface area (Å²) in [6, 6.07) is 16.1. The van der Waals surface area contributed by atoms with Crippen molar-refractivity contribution in [3.8, 4) is 5.75 Å². The number of fused-ring (bicyclic) bond motifs is 5. The number of hydrogen-bond acceptors (Lipinski definition) is 5. The van der Waals surface area contributed by atoms with E-state index in [0.29, 0.717) is 5.69 Å². The fraction of sp³-hybridized carbons (Fsp3) is 0.357. The van der Waals surface area contributed by atoms with E-state index in [1.54, 1.807) is 29.2 Å². The summed E-state index contributed by atoms with van der Waals surface area (Å²) < 4.78 is 5.62. The third-order valence-corrected chi connectivity index (χ3v) is 8.01. The topological polar surface area (TPSA) is 84.0 Å². The zero-order chi connectivity index (χ0) is 24.3. The molecule has 2 aromatic rings. The molecule has 0 spiro atoms. The maximum atomic E-state index is 13.1. The first-order valence-corrected chi connectivity index (χ1v) is 12.1. The van der Waals surface area contributed by atoms with Crippen molar-refractivity contribution in [1.29, 1.82) is 0 Å². The fourth-order valence-corrected chi connectivity index (χ4v) is 6.22. The molecule has 7 heteroatoms. The van der Waals surface area contributed by atoms with E-state index in [1.807, 2.05) is 37.3 Å². The molecular weight excluding hydrogens is 444 g/mol. The molecule has 2 bridgehead atoms. The van der Waals surface area contributed by atoms with Crippen molar-refractivity contribution in [2.45, 2.75) is 25.8 Å². The largest absolute Gasteiger partial charge is 0.426 e. The van der Waals surface area contributed by atoms with Crippen molar-refractivity contribution in [2.75, 3.05) is 11.4 Å². The Balaban J connectivity index is 1.15. The van der Waals surface area contributed by atoms with E-state index in [2.05, 4.69) is 12.2 Å². The molecule has 178 valence electrons. The lowest BCUT2D eigenvalue weighted by molar-refractivity contribution is -0.139. The highest BCUT2D eigenvalue weighted by molar-refractivity contribution is 6.22. The molecule has 2 aromatic carbocycles. The molecule has 35 heavy (non-hydrogen) atoms. The van der Waals surface area contributed by atoms with E-state index in [9.17, 15) is 19.2 Å². The lowest BCUT2D eigenvalue weighted by Crippen LogP contribution is -2.33. The molecule has 2 aliphatic carbocycles. The van der Waals surface area contributed by atoms with Gasteiger partial charge in [0.2, 0.25) is 17.7 Å². The average molecular weight is 471 g/mol. The molecule has 3 fully saturated rings. The summed E-state index contributed by atoms with van der Waals surface area (Å²) in [6.45, 7) is 2.24. The van der Waals surface area contributed by atoms with Crippen molar-refractivity contribution in [1.82, 2.24) is 4.90 Å². The molecule has 2 heterocycles. The van der Waals surface area contributed by atoms with Gasteiger partial charge in [-0.25, -0.2) is 4.90 Å². The third-order valence-electron chi connectivity index (χ3n) is 8.01. The molecule has 0 aromatic heterocycles. The van der Waals surface area contributed by atoms with Crippen LogP contribution in [0, 0.1) is 29.6 Å². The van der Waals surface area contributed by atoms with Gasteiger partial charge in [-0.05, 0) is 42.9 Å². The lowest BCUT2D eigenvalue weighted by Gasteiger charge is -2.25. The predicted octanol–water partition coefficient (Wildman–Crippen LogP) is 3.51. The summed E-state index contributed by atoms with van der Waals surface area (Å²) in [6.07, 6.45) is 5.09. The summed E-state index contributed by atoms with van der Waals surface area (Å²) in [5.74, 6) is -1.54. The summed E-state index contributed by atoms with van der Waals surface area (Å²) in [7, 11) is 0. The number of hydrogen-bond donors (Lipinski definition) is 0. The number of esters is 1. The number of carbonyl (C=O) groups is 4. The zero-order valence-corrected chi connectivity index (χ0v) is 19.4. The van der Waals surface area contributed by atoms with Crippen LogP contribution in [0.1, 0.15) is 31.4 Å². The Labute approximate surface area is 203 Å². The Bertz CT molecular complexity index is 1230. The molecular formula is C28H26N2O5. The molecule has 7 nitrogen and oxygen atoms in total. The number of allylic oxidation sites excluding steroid dienone is 2. The van der Waals surface area contributed by atoms with Gasteiger partial charge in [-0.1, -0.05) is 48.6 Å². The summed E-state index contributed by atoms with van der Waals surface area (Å²) in [5.41, 5.74) is 1.43. The van der Waals surface area contributed by atoms with Gasteiger partial charge in [0.1, 0.15) is 5.75 Å². The summed E-state index contributed by atoms with van der Waals surface area (Å²) in [4.78, 5) is 54.7. The van der Waals surface area contributed by atoms with Gasteiger partial charge >= 0.3 is 5.97 Å². The van der Waals surface area contributed by atoms with Crippen LogP contribution in [-0.2, 0) is 19.2 Å². The number of rotatable bonds is 5. The first kappa shape index (κ1) is 21.8. The maximum absolute atomic E-state index is 13.1. The normalized spacial score (nSPS) is 29.7. The second kappa shape index (κ2) is 8.18. The minimum atomic E-state index is -0.576. The molecule has 6 atom stereocenters. The van der Waals surface area contributed by atoms with Crippen LogP contribution in [0.15, 0.2) is 66.7 Å². The monoisotopic (exact) mass is 470 g/mol. The Kier molecular flexibility index (Phi) is 5.09. The third kappa shape index (κ3) is 3.49. The molecule has 2 saturated heterocycles. The van der Waals surface area contributed by atoms with Crippen LogP contribution >= 0.6 is 0 Å². The van der Waals surface area contributed by atoms with Gasteiger partial charge in [0.15, 0.2) is 0 Å². The van der Waals surface area contributed by atoms with Crippen LogP contribution in [0.5, 0.6) is 5.75 Å². The van der Waals surface area contributed by atoms with E-state index in [-0.39, 0.29) is 66.2 Å². The number of benzene rings is 2. The van der Waals surface area contributed by atoms with E-state index >= 15 is 0 Å². The van der Waals surface area contributed by atoms with Crippen molar-refractivity contribution < 1.29 is 23.9 Å². The summed E-state index contributed by atoms with van der Waals surface area (Å²) >= 11 is 0. The van der Waals surface area contributed by atoms with Gasteiger partial charge in [0.25, 0.3) is 0 Å². The number of nitrogens with zero attached hydrogens (tertiary/aromatic N) is 2. The molecule has 0 radical (unpaired) electrons. The maximum Gasteiger partial charge on any atom is 0.316 e. The van der Waals surface area contributed by atoms with Gasteiger partial charge in [-0.3, -0.25) is 19.2 Å². The van der Waals surface area contributed by atoms with Crippen LogP contribution in [0.4, 0.5) is 5.69 Å². The van der Waals surface area contributed by atoms with Crippen molar-refractivity contribution in [3.63, 3.8) is 0 Å². The van der Waals surface area contributed by atoms with Crippen LogP contribution < -0.4 is 9.64 Å². The smallest absolute Gasteiger partial charge is 0.316 e. The van der Waals surface area contributed by atoms with Gasteiger partial charge in [-0.15, -0.1) is 0 Å². The Morgan fingerprint density at radius 1 is 0.943 bits per heavy atom. The molecule has 3 amide bonds. The highest BCUT2D eigenvalue weighted by atomic mass is 16.5. The second-order valence-corrected chi connectivity index (χ2v) is 9.96. The Hall–Kier alpha value is -3.74. The van der Waals surface area contributed by atoms with Crippen molar-refractivity contribution >= 4 is 29.4 Å². The zero-order valence-electron chi connectivity index (χ0n) is 19.4. The molecule has 6 rings (SSSR count). The first-order chi connectivity index (χ1) is 16.9. The van der Waals surface area contributed by atoms with Crippen molar-refractivity contribution in [2.24, 2.45) is 29.6 Å². The molecule has 1 saturated carbocycles. The Morgan fingerprint density at radius 3 is 2.31 bits per heavy atom. The average Bonchev–Trinajstić information content (AvgIpc) is 3.63. The van der Waals surface area contributed by atoms with Gasteiger partial charge in [-0.2, -0.15) is 0 Å². The number of imide groups is 1. The van der Waals surface area contributed by atoms with Crippen LogP contribution in [0.3, 0.4) is 0 Å². The van der Waals surface area contributed by atoms with Crippen LogP contribution in [-0.4, -0.2) is 35.1 Å². The minimum absolute atomic E-state index is 0.0832. The predicted molar refractivity (Wildman–Crippen MR) is 127 cm³/mol. The molecule has 4 aliphatic rings. The lowest BCUT2D eigenvalue weighted by atomic mass is 9.85. The number of ether oxygens (including phenoxy) is 1. The highest BCUT2D eigenvalue weighted by Crippen LogP contribution is 2.53. The standard InChI is InChI=1S/C28H26N2O5/c1-16(17-6-3-2-4-7-17)29-15-20(13-23(29)31)28(34)35-22-9-5-8-21(14-22)30-26(32)24-18-10-11-19(12-18)25(24)27(30)33/h2-11,14,16,18-20,24-25H,12-13,15H2,1H3/t16-,18+,19+,20-,24-,25+/m1/s1. The molecule has 2 aliphatic heterocycles. The number of carbonyl (C=O) groups excluding carboxylic acids is 4. The quantitative estimate of drug-likeness (QED) is 0.289. The van der Waals surface area contributed by atoms with E-state index < -0.39 is 11.9 Å². The van der Waals surface area contributed by atoms with Gasteiger partial charge in [0.05, 0.1) is 29.5 Å². The van der Waals surface area contributed by atoms with Crippen LogP contribution in [0.25, 0.3) is 0 Å². The summed E-state index contributed by atoms with van der Waals surface area (Å²) in [5, 5.41) is 0. The minimum Gasteiger partial charge on any atom is -0.426 e. The fourth-order valence-electron chi connectivity index (χ4n) is 6.22. The SMILES string of the molecule is C[C@H](c1ccccc1)N1C[C@H](C(=O)Oc2cccc(N3C(=O)[C@@H]4[C@H](C3=O)[C@H]3C=C[C@H]4C3)c2)CC1=O. The molecule has 0 unspecified atom stereocenters. The van der Waals surface area contributed by atoms with E-state index in [1.165, 1.54) is 4.90 Å². The first-order valence-electron chi connectivity index (χ1n) is 12.1. The van der Waals surface area contributed by atoms with Gasteiger partial charge < -0.3 is 9.64 Å². The highest BCUT2D eigenvalue weighted by Gasteiger charge is 2.59. The number of likely N-dealkylation sites (tertiary alicyclic amines) is 1. The van der Waals surface area contributed by atoms with Crippen LogP contribution in [0.2, 0.25) is 0 Å². The molecule has 0 N–H and O–H groups in total. The van der Waals surface area contributed by atoms with E-state index in [4.69, 9.17) is 4.74 Å². The Morgan fingerprint density at radius 2 is 1.63 bits per heavy atom. The number of anilines is 1. The number of amides is 3. The second-order valence-electron chi connectivity index (χ2n) is 9.96. The van der Waals surface area contributed by atoms with Crippen molar-refractivity contribution in [3.05, 3.63) is 72.3 Å².